The highest BCUT2D eigenvalue weighted by Crippen LogP contribution is 2.14. The average Bonchev–Trinajstić information content (AvgIpc) is 2.32. The minimum Gasteiger partial charge on any atom is -0.381 e. The van der Waals surface area contributed by atoms with Crippen LogP contribution in [0.5, 0.6) is 0 Å². The first-order valence-corrected chi connectivity index (χ1v) is 6.69. The van der Waals surface area contributed by atoms with Crippen LogP contribution in [-0.2, 0) is 11.3 Å². The van der Waals surface area contributed by atoms with Gasteiger partial charge in [0.25, 0.3) is 0 Å². The highest BCUT2D eigenvalue weighted by atomic mass is 35.5. The quantitative estimate of drug-likeness (QED) is 0.731. The zero-order chi connectivity index (χ0) is 13.4. The highest BCUT2D eigenvalue weighted by Gasteiger charge is 2.02. The largest absolute Gasteiger partial charge is 0.381 e. The molecule has 18 heavy (non-hydrogen) atoms. The Morgan fingerprint density at radius 2 is 2.17 bits per heavy atom. The fraction of sp³-hybridized carbons (Fsp3) is 0.571. The summed E-state index contributed by atoms with van der Waals surface area (Å²) in [5.41, 5.74) is 0.602. The lowest BCUT2D eigenvalue weighted by Crippen LogP contribution is -2.17. The van der Waals surface area contributed by atoms with E-state index in [4.69, 9.17) is 16.3 Å². The van der Waals surface area contributed by atoms with Crippen molar-refractivity contribution in [3.63, 3.8) is 0 Å². The van der Waals surface area contributed by atoms with Gasteiger partial charge in [-0.25, -0.2) is 4.39 Å². The topological polar surface area (TPSA) is 21.3 Å². The second-order valence-electron chi connectivity index (χ2n) is 4.73. The molecule has 0 unspecified atom stereocenters. The molecule has 0 fully saturated rings. The van der Waals surface area contributed by atoms with Crippen LogP contribution >= 0.6 is 11.6 Å². The third-order valence-electron chi connectivity index (χ3n) is 2.42. The Balaban J connectivity index is 2.12. The number of ether oxygens (including phenoxy) is 1. The molecule has 0 saturated carbocycles. The highest BCUT2D eigenvalue weighted by molar-refractivity contribution is 6.30. The van der Waals surface area contributed by atoms with Crippen molar-refractivity contribution >= 4 is 11.6 Å². The average molecular weight is 274 g/mol. The van der Waals surface area contributed by atoms with Gasteiger partial charge in [-0.1, -0.05) is 25.4 Å². The van der Waals surface area contributed by atoms with Crippen LogP contribution in [0.3, 0.4) is 0 Å². The molecule has 1 rings (SSSR count). The van der Waals surface area contributed by atoms with E-state index in [1.807, 2.05) is 0 Å². The lowest BCUT2D eigenvalue weighted by atomic mass is 10.2. The Bertz CT molecular complexity index is 358. The van der Waals surface area contributed by atoms with Gasteiger partial charge < -0.3 is 10.1 Å². The van der Waals surface area contributed by atoms with Crippen molar-refractivity contribution in [1.82, 2.24) is 5.32 Å². The Hall–Kier alpha value is -0.640. The molecular weight excluding hydrogens is 253 g/mol. The fourth-order valence-corrected chi connectivity index (χ4v) is 1.71. The van der Waals surface area contributed by atoms with E-state index in [0.717, 1.165) is 26.2 Å². The van der Waals surface area contributed by atoms with Gasteiger partial charge in [-0.2, -0.15) is 0 Å². The zero-order valence-corrected chi connectivity index (χ0v) is 11.8. The summed E-state index contributed by atoms with van der Waals surface area (Å²) >= 11 is 5.81. The van der Waals surface area contributed by atoms with Gasteiger partial charge in [0.05, 0.1) is 0 Å². The van der Waals surface area contributed by atoms with E-state index in [2.05, 4.69) is 19.2 Å². The van der Waals surface area contributed by atoms with Crippen molar-refractivity contribution in [3.8, 4) is 0 Å². The molecule has 0 heterocycles. The number of halogens is 2. The van der Waals surface area contributed by atoms with Crippen LogP contribution in [-0.4, -0.2) is 19.8 Å². The number of hydrogen-bond acceptors (Lipinski definition) is 2. The van der Waals surface area contributed by atoms with E-state index < -0.39 is 0 Å². The van der Waals surface area contributed by atoms with Crippen LogP contribution in [0, 0.1) is 11.7 Å². The maximum Gasteiger partial charge on any atom is 0.127 e. The Morgan fingerprint density at radius 3 is 2.89 bits per heavy atom. The van der Waals surface area contributed by atoms with Gasteiger partial charge in [0.15, 0.2) is 0 Å². The molecule has 0 bridgehead atoms. The second-order valence-corrected chi connectivity index (χ2v) is 5.17. The van der Waals surface area contributed by atoms with Crippen LogP contribution in [0.15, 0.2) is 18.2 Å². The Morgan fingerprint density at radius 1 is 1.39 bits per heavy atom. The Kier molecular flexibility index (Phi) is 7.25. The van der Waals surface area contributed by atoms with Crippen molar-refractivity contribution in [3.05, 3.63) is 34.6 Å². The van der Waals surface area contributed by atoms with Crippen molar-refractivity contribution in [2.45, 2.75) is 26.8 Å². The molecule has 0 aliphatic carbocycles. The molecule has 0 amide bonds. The zero-order valence-electron chi connectivity index (χ0n) is 11.0. The van der Waals surface area contributed by atoms with Crippen molar-refractivity contribution in [2.24, 2.45) is 5.92 Å². The van der Waals surface area contributed by atoms with E-state index in [1.54, 1.807) is 12.1 Å². The summed E-state index contributed by atoms with van der Waals surface area (Å²) in [6.07, 6.45) is 0.926. The van der Waals surface area contributed by atoms with Gasteiger partial charge in [0.2, 0.25) is 0 Å². The van der Waals surface area contributed by atoms with Gasteiger partial charge in [-0.05, 0) is 37.1 Å². The molecule has 1 aromatic rings. The summed E-state index contributed by atoms with van der Waals surface area (Å²) < 4.78 is 18.8. The molecule has 0 aliphatic rings. The van der Waals surface area contributed by atoms with E-state index in [1.165, 1.54) is 6.07 Å². The molecule has 0 radical (unpaired) electrons. The standard InChI is InChI=1S/C14H21ClFNO/c1-11(2)10-18-7-3-6-17-9-12-8-13(15)4-5-14(12)16/h4-5,8,11,17H,3,6-7,9-10H2,1-2H3. The van der Waals surface area contributed by atoms with Crippen LogP contribution in [0.1, 0.15) is 25.8 Å². The first-order valence-electron chi connectivity index (χ1n) is 6.32. The monoisotopic (exact) mass is 273 g/mol. The lowest BCUT2D eigenvalue weighted by Gasteiger charge is -2.08. The van der Waals surface area contributed by atoms with Gasteiger partial charge in [0, 0.05) is 30.3 Å². The van der Waals surface area contributed by atoms with Gasteiger partial charge in [-0.15, -0.1) is 0 Å². The molecule has 1 N–H and O–H groups in total. The normalized spacial score (nSPS) is 11.2. The molecule has 4 heteroatoms. The molecule has 0 aromatic heterocycles. The summed E-state index contributed by atoms with van der Waals surface area (Å²) in [4.78, 5) is 0. The van der Waals surface area contributed by atoms with Crippen LogP contribution < -0.4 is 5.32 Å². The minimum absolute atomic E-state index is 0.219. The minimum atomic E-state index is -0.219. The van der Waals surface area contributed by atoms with E-state index >= 15 is 0 Å². The van der Waals surface area contributed by atoms with E-state index in [-0.39, 0.29) is 5.82 Å². The second kappa shape index (κ2) is 8.46. The molecule has 1 aromatic carbocycles. The summed E-state index contributed by atoms with van der Waals surface area (Å²) in [6, 6.07) is 4.60. The molecule has 0 aliphatic heterocycles. The van der Waals surface area contributed by atoms with Crippen molar-refractivity contribution < 1.29 is 9.13 Å². The van der Waals surface area contributed by atoms with Gasteiger partial charge >= 0.3 is 0 Å². The SMILES string of the molecule is CC(C)COCCCNCc1cc(Cl)ccc1F. The van der Waals surface area contributed by atoms with E-state index in [9.17, 15) is 4.39 Å². The molecule has 2 nitrogen and oxygen atoms in total. The summed E-state index contributed by atoms with van der Waals surface area (Å²) in [5.74, 6) is 0.349. The summed E-state index contributed by atoms with van der Waals surface area (Å²) in [5, 5.41) is 3.74. The number of benzene rings is 1. The van der Waals surface area contributed by atoms with Crippen LogP contribution in [0.25, 0.3) is 0 Å². The molecule has 0 atom stereocenters. The van der Waals surface area contributed by atoms with Gasteiger partial charge in [-0.3, -0.25) is 0 Å². The molecular formula is C14H21ClFNO. The predicted octanol–water partition coefficient (Wildman–Crippen LogP) is 3.63. The van der Waals surface area contributed by atoms with Crippen molar-refractivity contribution in [1.29, 1.82) is 0 Å². The summed E-state index contributed by atoms with van der Waals surface area (Å²) in [7, 11) is 0. The molecule has 102 valence electrons. The van der Waals surface area contributed by atoms with Crippen LogP contribution in [0.2, 0.25) is 5.02 Å². The smallest absolute Gasteiger partial charge is 0.127 e. The maximum absolute atomic E-state index is 13.4. The van der Waals surface area contributed by atoms with E-state index in [0.29, 0.717) is 23.0 Å². The van der Waals surface area contributed by atoms with Gasteiger partial charge in [0.1, 0.15) is 5.82 Å². The fourth-order valence-electron chi connectivity index (χ4n) is 1.52. The third kappa shape index (κ3) is 6.34. The number of hydrogen-bond donors (Lipinski definition) is 1. The lowest BCUT2D eigenvalue weighted by molar-refractivity contribution is 0.108. The van der Waals surface area contributed by atoms with Crippen LogP contribution in [0.4, 0.5) is 4.39 Å². The summed E-state index contributed by atoms with van der Waals surface area (Å²) in [6.45, 7) is 7.09. The number of rotatable bonds is 8. The first-order chi connectivity index (χ1) is 8.59. The predicted molar refractivity (Wildman–Crippen MR) is 73.4 cm³/mol. The maximum atomic E-state index is 13.4. The third-order valence-corrected chi connectivity index (χ3v) is 2.65. The van der Waals surface area contributed by atoms with Crippen molar-refractivity contribution in [2.75, 3.05) is 19.8 Å². The number of nitrogens with one attached hydrogen (secondary N) is 1. The first kappa shape index (κ1) is 15.4. The molecule has 0 spiro atoms. The molecule has 0 saturated heterocycles. The Labute approximate surface area is 113 Å².